The van der Waals surface area contributed by atoms with E-state index in [1.807, 2.05) is 0 Å². The number of nitrogens with one attached hydrogen (secondary N) is 2. The topological polar surface area (TPSA) is 148 Å². The SMILES string of the molecule is N=C(N)c1[nH]nc(N)c1[N+](=O)[O-]. The second-order valence-corrected chi connectivity index (χ2v) is 2.00. The Balaban J connectivity index is 3.31. The van der Waals surface area contributed by atoms with Crippen molar-refractivity contribution in [3.05, 3.63) is 15.8 Å². The molecular formula is C4H6N6O2. The third-order valence-electron chi connectivity index (χ3n) is 1.22. The van der Waals surface area contributed by atoms with E-state index in [1.54, 1.807) is 0 Å². The molecule has 12 heavy (non-hydrogen) atoms. The van der Waals surface area contributed by atoms with Gasteiger partial charge in [-0.05, 0) is 0 Å². The molecule has 8 nitrogen and oxygen atoms in total. The average molecular weight is 170 g/mol. The van der Waals surface area contributed by atoms with E-state index in [-0.39, 0.29) is 11.5 Å². The Labute approximate surface area is 66.2 Å². The molecule has 0 saturated heterocycles. The first-order valence-electron chi connectivity index (χ1n) is 2.86. The highest BCUT2D eigenvalue weighted by atomic mass is 16.6. The van der Waals surface area contributed by atoms with Crippen LogP contribution in [-0.4, -0.2) is 21.0 Å². The second-order valence-electron chi connectivity index (χ2n) is 2.00. The predicted octanol–water partition coefficient (Wildman–Crippen LogP) is -0.816. The van der Waals surface area contributed by atoms with Crippen LogP contribution in [0.5, 0.6) is 0 Å². The van der Waals surface area contributed by atoms with E-state index in [2.05, 4.69) is 10.2 Å². The number of nitrogens with two attached hydrogens (primary N) is 2. The van der Waals surface area contributed by atoms with Crippen LogP contribution >= 0.6 is 0 Å². The number of rotatable bonds is 2. The number of hydrogen-bond donors (Lipinski definition) is 4. The number of hydrogen-bond acceptors (Lipinski definition) is 5. The number of anilines is 1. The van der Waals surface area contributed by atoms with Crippen LogP contribution < -0.4 is 11.5 Å². The molecule has 0 aliphatic rings. The van der Waals surface area contributed by atoms with Crippen LogP contribution in [0, 0.1) is 15.5 Å². The molecule has 0 aliphatic heterocycles. The molecule has 0 amide bonds. The fourth-order valence-corrected chi connectivity index (χ4v) is 0.723. The van der Waals surface area contributed by atoms with Gasteiger partial charge in [0.15, 0.2) is 5.69 Å². The summed E-state index contributed by atoms with van der Waals surface area (Å²) in [6.07, 6.45) is 0. The van der Waals surface area contributed by atoms with Crippen molar-refractivity contribution in [1.29, 1.82) is 5.41 Å². The maximum atomic E-state index is 10.3. The molecule has 0 saturated carbocycles. The monoisotopic (exact) mass is 170 g/mol. The minimum atomic E-state index is -0.741. The minimum Gasteiger partial charge on any atom is -0.382 e. The van der Waals surface area contributed by atoms with Gasteiger partial charge < -0.3 is 11.5 Å². The molecule has 0 aromatic carbocycles. The Kier molecular flexibility index (Phi) is 1.66. The van der Waals surface area contributed by atoms with E-state index in [1.165, 1.54) is 0 Å². The largest absolute Gasteiger partial charge is 0.382 e. The van der Waals surface area contributed by atoms with Gasteiger partial charge in [-0.2, -0.15) is 0 Å². The van der Waals surface area contributed by atoms with Gasteiger partial charge >= 0.3 is 5.69 Å². The first-order valence-corrected chi connectivity index (χ1v) is 2.86. The molecule has 0 bridgehead atoms. The summed E-state index contributed by atoms with van der Waals surface area (Å²) in [6.45, 7) is 0. The smallest absolute Gasteiger partial charge is 0.341 e. The predicted molar refractivity (Wildman–Crippen MR) is 40.7 cm³/mol. The molecule has 0 atom stereocenters. The summed E-state index contributed by atoms with van der Waals surface area (Å²) in [7, 11) is 0. The first kappa shape index (κ1) is 7.98. The lowest BCUT2D eigenvalue weighted by Crippen LogP contribution is -2.13. The second kappa shape index (κ2) is 2.49. The molecule has 0 fully saturated rings. The molecule has 0 aliphatic carbocycles. The van der Waals surface area contributed by atoms with E-state index in [4.69, 9.17) is 16.9 Å². The summed E-state index contributed by atoms with van der Waals surface area (Å²) in [4.78, 5) is 9.58. The number of H-pyrrole nitrogens is 1. The highest BCUT2D eigenvalue weighted by molar-refractivity contribution is 5.98. The first-order chi connectivity index (χ1) is 5.54. The Bertz CT molecular complexity index is 341. The maximum Gasteiger partial charge on any atom is 0.341 e. The third kappa shape index (κ3) is 1.05. The number of nitrogens with zero attached hydrogens (tertiary/aromatic N) is 2. The van der Waals surface area contributed by atoms with E-state index in [9.17, 15) is 10.1 Å². The molecule has 8 heteroatoms. The summed E-state index contributed by atoms with van der Waals surface area (Å²) in [5.41, 5.74) is 9.54. The van der Waals surface area contributed by atoms with Crippen LogP contribution in [0.4, 0.5) is 11.5 Å². The number of nitrogen functional groups attached to an aromatic ring is 2. The molecule has 1 heterocycles. The Hall–Kier alpha value is -2.12. The lowest BCUT2D eigenvalue weighted by molar-refractivity contribution is -0.384. The van der Waals surface area contributed by atoms with Crippen molar-refractivity contribution in [2.45, 2.75) is 0 Å². The molecule has 1 aromatic heterocycles. The molecule has 6 N–H and O–H groups in total. The van der Waals surface area contributed by atoms with Crippen molar-refractivity contribution in [1.82, 2.24) is 10.2 Å². The molecule has 0 unspecified atom stereocenters. The van der Waals surface area contributed by atoms with Crippen LogP contribution in [0.3, 0.4) is 0 Å². The molecule has 1 aromatic rings. The highest BCUT2D eigenvalue weighted by Gasteiger charge is 2.23. The number of aromatic amines is 1. The summed E-state index contributed by atoms with van der Waals surface area (Å²) >= 11 is 0. The van der Waals surface area contributed by atoms with Crippen molar-refractivity contribution in [3.63, 3.8) is 0 Å². The normalized spacial score (nSPS) is 9.67. The van der Waals surface area contributed by atoms with E-state index < -0.39 is 16.4 Å². The van der Waals surface area contributed by atoms with Gasteiger partial charge in [0.25, 0.3) is 0 Å². The zero-order valence-corrected chi connectivity index (χ0v) is 5.87. The molecule has 64 valence electrons. The Morgan fingerprint density at radius 1 is 1.75 bits per heavy atom. The average Bonchev–Trinajstić information content (AvgIpc) is 2.30. The van der Waals surface area contributed by atoms with Crippen LogP contribution in [-0.2, 0) is 0 Å². The number of nitro groups is 1. The zero-order chi connectivity index (χ0) is 9.30. The van der Waals surface area contributed by atoms with Crippen LogP contribution in [0.2, 0.25) is 0 Å². The van der Waals surface area contributed by atoms with Crippen molar-refractivity contribution in [3.8, 4) is 0 Å². The van der Waals surface area contributed by atoms with Gasteiger partial charge in [0.05, 0.1) is 4.92 Å². The summed E-state index contributed by atoms with van der Waals surface area (Å²) in [5.74, 6) is -0.740. The maximum absolute atomic E-state index is 10.3. The van der Waals surface area contributed by atoms with Crippen molar-refractivity contribution in [2.75, 3.05) is 5.73 Å². The fraction of sp³-hybridized carbons (Fsp3) is 0. The lowest BCUT2D eigenvalue weighted by atomic mass is 10.3. The van der Waals surface area contributed by atoms with Gasteiger partial charge in [-0.3, -0.25) is 20.6 Å². The van der Waals surface area contributed by atoms with Gasteiger partial charge in [-0.1, -0.05) is 0 Å². The lowest BCUT2D eigenvalue weighted by Gasteiger charge is -1.91. The van der Waals surface area contributed by atoms with Gasteiger partial charge in [0, 0.05) is 0 Å². The fourth-order valence-electron chi connectivity index (χ4n) is 0.723. The van der Waals surface area contributed by atoms with Crippen LogP contribution in [0.15, 0.2) is 0 Å². The van der Waals surface area contributed by atoms with E-state index >= 15 is 0 Å². The highest BCUT2D eigenvalue weighted by Crippen LogP contribution is 2.21. The quantitative estimate of drug-likeness (QED) is 0.198. The number of aromatic nitrogens is 2. The van der Waals surface area contributed by atoms with E-state index in [0.717, 1.165) is 0 Å². The molecule has 0 spiro atoms. The third-order valence-corrected chi connectivity index (χ3v) is 1.22. The number of amidine groups is 1. The van der Waals surface area contributed by atoms with Gasteiger partial charge in [-0.25, -0.2) is 0 Å². The van der Waals surface area contributed by atoms with Crippen molar-refractivity contribution in [2.24, 2.45) is 5.73 Å². The molecule has 1 rings (SSSR count). The zero-order valence-electron chi connectivity index (χ0n) is 5.87. The van der Waals surface area contributed by atoms with Gasteiger partial charge in [0.1, 0.15) is 5.84 Å². The minimum absolute atomic E-state index is 0.169. The van der Waals surface area contributed by atoms with Crippen molar-refractivity contribution < 1.29 is 4.92 Å². The Morgan fingerprint density at radius 3 is 2.67 bits per heavy atom. The Morgan fingerprint density at radius 2 is 2.33 bits per heavy atom. The van der Waals surface area contributed by atoms with Gasteiger partial charge in [0.2, 0.25) is 5.82 Å². The van der Waals surface area contributed by atoms with Gasteiger partial charge in [-0.15, -0.1) is 5.10 Å². The molecular weight excluding hydrogens is 164 g/mol. The molecule has 0 radical (unpaired) electrons. The van der Waals surface area contributed by atoms with Crippen LogP contribution in [0.1, 0.15) is 5.69 Å². The summed E-state index contributed by atoms with van der Waals surface area (Å²) < 4.78 is 0. The van der Waals surface area contributed by atoms with Crippen LogP contribution in [0.25, 0.3) is 0 Å². The van der Waals surface area contributed by atoms with E-state index in [0.29, 0.717) is 0 Å². The summed E-state index contributed by atoms with van der Waals surface area (Å²) in [5, 5.41) is 22.8. The standard InChI is InChI=1S/C4H6N6O2/c5-3(6)1-2(10(11)12)4(7)9-8-1/h(H3,5,6)(H3,7,8,9). The van der Waals surface area contributed by atoms with Crippen molar-refractivity contribution >= 4 is 17.3 Å². The summed E-state index contributed by atoms with van der Waals surface area (Å²) in [6, 6.07) is 0.